The molecule has 2 N–H and O–H groups in total. The van der Waals surface area contributed by atoms with Crippen molar-refractivity contribution in [2.24, 2.45) is 0 Å². The van der Waals surface area contributed by atoms with E-state index in [1.54, 1.807) is 24.1 Å². The number of nitrogens with zero attached hydrogens (tertiary/aromatic N) is 1. The molecule has 1 saturated heterocycles. The largest absolute Gasteiger partial charge is 0.507 e. The van der Waals surface area contributed by atoms with Crippen molar-refractivity contribution in [3.05, 3.63) is 28.2 Å². The van der Waals surface area contributed by atoms with Crippen molar-refractivity contribution in [3.63, 3.8) is 0 Å². The average Bonchev–Trinajstić information content (AvgIpc) is 2.81. The zero-order valence-corrected chi connectivity index (χ0v) is 11.9. The zero-order chi connectivity index (χ0) is 13.1. The standard InChI is InChI=1S/C13H17BrN2O2/c1-16(8-10-3-2-6-15-10)13(18)11-5-4-9(14)7-12(11)17/h4-5,7,10,15,17H,2-3,6,8H2,1H3. The van der Waals surface area contributed by atoms with E-state index in [1.165, 1.54) is 6.07 Å². The summed E-state index contributed by atoms with van der Waals surface area (Å²) in [6.45, 7) is 1.70. The van der Waals surface area contributed by atoms with Crippen LogP contribution in [0.2, 0.25) is 0 Å². The number of nitrogens with one attached hydrogen (secondary N) is 1. The molecule has 0 bridgehead atoms. The van der Waals surface area contributed by atoms with Gasteiger partial charge in [-0.2, -0.15) is 0 Å². The molecule has 0 spiro atoms. The van der Waals surface area contributed by atoms with Crippen molar-refractivity contribution >= 4 is 21.8 Å². The van der Waals surface area contributed by atoms with E-state index in [0.717, 1.165) is 23.9 Å². The minimum Gasteiger partial charge on any atom is -0.507 e. The highest BCUT2D eigenvalue weighted by Gasteiger charge is 2.21. The molecule has 1 amide bonds. The van der Waals surface area contributed by atoms with Gasteiger partial charge in [-0.05, 0) is 37.6 Å². The van der Waals surface area contributed by atoms with Gasteiger partial charge in [0.15, 0.2) is 0 Å². The number of hydrogen-bond donors (Lipinski definition) is 2. The third-order valence-electron chi connectivity index (χ3n) is 3.19. The predicted molar refractivity (Wildman–Crippen MR) is 73.8 cm³/mol. The summed E-state index contributed by atoms with van der Waals surface area (Å²) in [5.74, 6) is -0.130. The van der Waals surface area contributed by atoms with Crippen molar-refractivity contribution in [2.75, 3.05) is 20.1 Å². The summed E-state index contributed by atoms with van der Waals surface area (Å²) < 4.78 is 0.761. The second-order valence-electron chi connectivity index (χ2n) is 4.64. The van der Waals surface area contributed by atoms with E-state index in [0.29, 0.717) is 18.2 Å². The Kier molecular flexibility index (Phi) is 4.24. The monoisotopic (exact) mass is 312 g/mol. The van der Waals surface area contributed by atoms with Crippen LogP contribution in [-0.2, 0) is 0 Å². The Hall–Kier alpha value is -1.07. The van der Waals surface area contributed by atoms with E-state index in [4.69, 9.17) is 0 Å². The molecule has 98 valence electrons. The lowest BCUT2D eigenvalue weighted by Crippen LogP contribution is -2.38. The van der Waals surface area contributed by atoms with E-state index in [2.05, 4.69) is 21.2 Å². The third kappa shape index (κ3) is 3.03. The van der Waals surface area contributed by atoms with Gasteiger partial charge in [-0.25, -0.2) is 0 Å². The van der Waals surface area contributed by atoms with Gasteiger partial charge in [-0.15, -0.1) is 0 Å². The van der Waals surface area contributed by atoms with Crippen LogP contribution in [0, 0.1) is 0 Å². The molecule has 4 nitrogen and oxygen atoms in total. The summed E-state index contributed by atoms with van der Waals surface area (Å²) >= 11 is 3.26. The number of likely N-dealkylation sites (N-methyl/N-ethyl adjacent to an activating group) is 1. The predicted octanol–water partition coefficient (Wildman–Crippen LogP) is 1.98. The summed E-state index contributed by atoms with van der Waals surface area (Å²) in [4.78, 5) is 13.8. The molecule has 0 saturated carbocycles. The topological polar surface area (TPSA) is 52.6 Å². The summed E-state index contributed by atoms with van der Waals surface area (Å²) in [5, 5.41) is 13.1. The second kappa shape index (κ2) is 5.71. The first-order chi connectivity index (χ1) is 8.58. The van der Waals surface area contributed by atoms with Crippen LogP contribution in [0.5, 0.6) is 5.75 Å². The molecule has 1 aromatic rings. The van der Waals surface area contributed by atoms with Crippen LogP contribution < -0.4 is 5.32 Å². The fraction of sp³-hybridized carbons (Fsp3) is 0.462. The van der Waals surface area contributed by atoms with Gasteiger partial charge in [0.2, 0.25) is 0 Å². The fourth-order valence-corrected chi connectivity index (χ4v) is 2.57. The van der Waals surface area contributed by atoms with Gasteiger partial charge in [0.1, 0.15) is 5.75 Å². The maximum Gasteiger partial charge on any atom is 0.257 e. The van der Waals surface area contributed by atoms with Crippen molar-refractivity contribution < 1.29 is 9.90 Å². The summed E-state index contributed by atoms with van der Waals surface area (Å²) in [6, 6.07) is 5.31. The molecule has 1 fully saturated rings. The van der Waals surface area contributed by atoms with Gasteiger partial charge in [-0.3, -0.25) is 4.79 Å². The molecule has 18 heavy (non-hydrogen) atoms. The third-order valence-corrected chi connectivity index (χ3v) is 3.69. The van der Waals surface area contributed by atoms with Crippen LogP contribution >= 0.6 is 15.9 Å². The number of rotatable bonds is 3. The lowest BCUT2D eigenvalue weighted by atomic mass is 10.1. The van der Waals surface area contributed by atoms with E-state index < -0.39 is 0 Å². The minimum atomic E-state index is -0.145. The van der Waals surface area contributed by atoms with Gasteiger partial charge in [0.05, 0.1) is 5.56 Å². The molecule has 5 heteroatoms. The zero-order valence-electron chi connectivity index (χ0n) is 10.3. The van der Waals surface area contributed by atoms with Crippen LogP contribution in [0.4, 0.5) is 0 Å². The van der Waals surface area contributed by atoms with Crippen molar-refractivity contribution in [1.82, 2.24) is 10.2 Å². The molecule has 1 aromatic carbocycles. The number of benzene rings is 1. The Balaban J connectivity index is 2.05. The van der Waals surface area contributed by atoms with Crippen molar-refractivity contribution in [2.45, 2.75) is 18.9 Å². The van der Waals surface area contributed by atoms with Gasteiger partial charge in [0, 0.05) is 24.1 Å². The first kappa shape index (κ1) is 13.4. The Labute approximate surface area is 115 Å². The van der Waals surface area contributed by atoms with Gasteiger partial charge < -0.3 is 15.3 Å². The number of halogens is 1. The van der Waals surface area contributed by atoms with Crippen molar-refractivity contribution in [3.8, 4) is 5.75 Å². The first-order valence-corrected chi connectivity index (χ1v) is 6.84. The second-order valence-corrected chi connectivity index (χ2v) is 5.56. The first-order valence-electron chi connectivity index (χ1n) is 6.05. The van der Waals surface area contributed by atoms with E-state index in [1.807, 2.05) is 0 Å². The number of aromatic hydroxyl groups is 1. The SMILES string of the molecule is CN(CC1CCCN1)C(=O)c1ccc(Br)cc1O. The van der Waals surface area contributed by atoms with Crippen LogP contribution in [0.1, 0.15) is 23.2 Å². The number of carbonyl (C=O) groups excluding carboxylic acids is 1. The lowest BCUT2D eigenvalue weighted by molar-refractivity contribution is 0.0781. The number of hydrogen-bond acceptors (Lipinski definition) is 3. The Morgan fingerprint density at radius 1 is 1.61 bits per heavy atom. The molecule has 1 aliphatic heterocycles. The molecule has 1 heterocycles. The molecule has 2 rings (SSSR count). The Bertz CT molecular complexity index is 445. The quantitative estimate of drug-likeness (QED) is 0.897. The average molecular weight is 313 g/mol. The summed E-state index contributed by atoms with van der Waals surface area (Å²) in [5.41, 5.74) is 0.346. The normalized spacial score (nSPS) is 18.9. The number of phenols is 1. The van der Waals surface area contributed by atoms with Crippen LogP contribution in [0.25, 0.3) is 0 Å². The molecule has 0 aromatic heterocycles. The van der Waals surface area contributed by atoms with E-state index in [9.17, 15) is 9.90 Å². The highest BCUT2D eigenvalue weighted by atomic mass is 79.9. The molecular formula is C13H17BrN2O2. The molecule has 1 unspecified atom stereocenters. The number of phenolic OH excluding ortho intramolecular Hbond substituents is 1. The summed E-state index contributed by atoms with van der Waals surface area (Å²) in [7, 11) is 1.77. The summed E-state index contributed by atoms with van der Waals surface area (Å²) in [6.07, 6.45) is 2.26. The smallest absolute Gasteiger partial charge is 0.257 e. The fourth-order valence-electron chi connectivity index (χ4n) is 2.22. The molecule has 1 aliphatic rings. The molecule has 0 aliphatic carbocycles. The number of carbonyl (C=O) groups is 1. The van der Waals surface area contributed by atoms with E-state index >= 15 is 0 Å². The highest BCUT2D eigenvalue weighted by Crippen LogP contribution is 2.23. The van der Waals surface area contributed by atoms with Gasteiger partial charge in [-0.1, -0.05) is 15.9 Å². The van der Waals surface area contributed by atoms with Crippen LogP contribution in [0.3, 0.4) is 0 Å². The molecule has 1 atom stereocenters. The van der Waals surface area contributed by atoms with E-state index in [-0.39, 0.29) is 11.7 Å². The molecule has 0 radical (unpaired) electrons. The number of amides is 1. The minimum absolute atomic E-state index is 0.0145. The Morgan fingerprint density at radius 3 is 3.00 bits per heavy atom. The van der Waals surface area contributed by atoms with Gasteiger partial charge in [0.25, 0.3) is 5.91 Å². The maximum atomic E-state index is 12.2. The molecular weight excluding hydrogens is 296 g/mol. The lowest BCUT2D eigenvalue weighted by Gasteiger charge is -2.21. The van der Waals surface area contributed by atoms with Crippen molar-refractivity contribution in [1.29, 1.82) is 0 Å². The Morgan fingerprint density at radius 2 is 2.39 bits per heavy atom. The van der Waals surface area contributed by atoms with Crippen LogP contribution in [-0.4, -0.2) is 42.1 Å². The maximum absolute atomic E-state index is 12.2. The van der Waals surface area contributed by atoms with Crippen LogP contribution in [0.15, 0.2) is 22.7 Å². The highest BCUT2D eigenvalue weighted by molar-refractivity contribution is 9.10. The van der Waals surface area contributed by atoms with Gasteiger partial charge >= 0.3 is 0 Å².